The molecule has 0 amide bonds. The van der Waals surface area contributed by atoms with Crippen LogP contribution in [0.3, 0.4) is 0 Å². The van der Waals surface area contributed by atoms with E-state index in [1.54, 1.807) is 22.1 Å². The summed E-state index contributed by atoms with van der Waals surface area (Å²) in [4.78, 5) is 4.08. The molecule has 3 nitrogen and oxygen atoms in total. The van der Waals surface area contributed by atoms with Gasteiger partial charge < -0.3 is 0 Å². The van der Waals surface area contributed by atoms with E-state index in [1.807, 2.05) is 24.7 Å². The summed E-state index contributed by atoms with van der Waals surface area (Å²) in [5, 5.41) is 8.48. The standard InChI is InChI=1S/C13H10FN3S/c1-17-7-11(9-4-5-18-8-9)13(16-17)12-3-2-10(14)6-15-12/h2-8H,1H3. The third kappa shape index (κ3) is 1.93. The van der Waals surface area contributed by atoms with Crippen molar-refractivity contribution < 1.29 is 4.39 Å². The number of hydrogen-bond donors (Lipinski definition) is 0. The summed E-state index contributed by atoms with van der Waals surface area (Å²) in [5.74, 6) is -0.341. The third-order valence-corrected chi connectivity index (χ3v) is 3.31. The van der Waals surface area contributed by atoms with Crippen LogP contribution >= 0.6 is 11.3 Å². The van der Waals surface area contributed by atoms with E-state index in [9.17, 15) is 4.39 Å². The van der Waals surface area contributed by atoms with Gasteiger partial charge in [0, 0.05) is 18.8 Å². The van der Waals surface area contributed by atoms with Crippen molar-refractivity contribution in [1.29, 1.82) is 0 Å². The molecule has 0 saturated carbocycles. The van der Waals surface area contributed by atoms with Crippen molar-refractivity contribution in [3.63, 3.8) is 0 Å². The van der Waals surface area contributed by atoms with E-state index in [-0.39, 0.29) is 5.82 Å². The predicted octanol–water partition coefficient (Wildman–Crippen LogP) is 3.35. The van der Waals surface area contributed by atoms with Crippen LogP contribution in [0.5, 0.6) is 0 Å². The van der Waals surface area contributed by atoms with Crippen LogP contribution in [0.2, 0.25) is 0 Å². The fourth-order valence-electron chi connectivity index (χ4n) is 1.82. The smallest absolute Gasteiger partial charge is 0.141 e. The van der Waals surface area contributed by atoms with Gasteiger partial charge in [-0.25, -0.2) is 4.39 Å². The van der Waals surface area contributed by atoms with Gasteiger partial charge in [0.1, 0.15) is 11.5 Å². The van der Waals surface area contributed by atoms with Gasteiger partial charge in [-0.1, -0.05) is 0 Å². The molecule has 0 fully saturated rings. The molecule has 0 bridgehead atoms. The molecule has 3 aromatic rings. The lowest BCUT2D eigenvalue weighted by Crippen LogP contribution is -1.90. The molecule has 0 N–H and O–H groups in total. The van der Waals surface area contributed by atoms with Gasteiger partial charge in [0.2, 0.25) is 0 Å². The zero-order valence-electron chi connectivity index (χ0n) is 9.67. The second-order valence-electron chi connectivity index (χ2n) is 3.94. The maximum Gasteiger partial charge on any atom is 0.141 e. The quantitative estimate of drug-likeness (QED) is 0.706. The van der Waals surface area contributed by atoms with Crippen molar-refractivity contribution in [3.05, 3.63) is 47.2 Å². The molecule has 90 valence electrons. The van der Waals surface area contributed by atoms with Crippen molar-refractivity contribution in [2.75, 3.05) is 0 Å². The van der Waals surface area contributed by atoms with E-state index in [1.165, 1.54) is 12.3 Å². The highest BCUT2D eigenvalue weighted by atomic mass is 32.1. The van der Waals surface area contributed by atoms with Gasteiger partial charge in [-0.05, 0) is 34.5 Å². The Labute approximate surface area is 108 Å². The van der Waals surface area contributed by atoms with Gasteiger partial charge in [0.05, 0.1) is 11.9 Å². The number of rotatable bonds is 2. The molecule has 0 aliphatic heterocycles. The number of nitrogens with zero attached hydrogens (tertiary/aromatic N) is 3. The van der Waals surface area contributed by atoms with Gasteiger partial charge in [-0.3, -0.25) is 9.67 Å². The molecule has 0 unspecified atom stereocenters. The summed E-state index contributed by atoms with van der Waals surface area (Å²) < 4.78 is 14.6. The van der Waals surface area contributed by atoms with Crippen molar-refractivity contribution in [2.45, 2.75) is 0 Å². The number of pyridine rings is 1. The monoisotopic (exact) mass is 259 g/mol. The van der Waals surface area contributed by atoms with Gasteiger partial charge in [0.15, 0.2) is 0 Å². The minimum absolute atomic E-state index is 0.341. The second-order valence-corrected chi connectivity index (χ2v) is 4.72. The van der Waals surface area contributed by atoms with Crippen LogP contribution in [0, 0.1) is 5.82 Å². The molecular weight excluding hydrogens is 249 g/mol. The summed E-state index contributed by atoms with van der Waals surface area (Å²) >= 11 is 1.63. The van der Waals surface area contributed by atoms with E-state index in [4.69, 9.17) is 0 Å². The molecule has 5 heteroatoms. The molecule has 0 radical (unpaired) electrons. The molecule has 0 aliphatic rings. The normalized spacial score (nSPS) is 10.8. The molecule has 0 saturated heterocycles. The second kappa shape index (κ2) is 4.34. The molecule has 0 aromatic carbocycles. The Hall–Kier alpha value is -2.01. The van der Waals surface area contributed by atoms with E-state index in [0.29, 0.717) is 5.69 Å². The van der Waals surface area contributed by atoms with Crippen LogP contribution in [0.25, 0.3) is 22.5 Å². The Morgan fingerprint density at radius 2 is 2.17 bits per heavy atom. The average Bonchev–Trinajstić information content (AvgIpc) is 2.98. The Kier molecular flexibility index (Phi) is 2.68. The molecule has 18 heavy (non-hydrogen) atoms. The van der Waals surface area contributed by atoms with Gasteiger partial charge in [0.25, 0.3) is 0 Å². The largest absolute Gasteiger partial charge is 0.274 e. The number of thiophene rings is 1. The van der Waals surface area contributed by atoms with Crippen LogP contribution in [0.15, 0.2) is 41.4 Å². The predicted molar refractivity (Wildman–Crippen MR) is 69.7 cm³/mol. The van der Waals surface area contributed by atoms with Crippen molar-refractivity contribution >= 4 is 11.3 Å². The Bertz CT molecular complexity index is 656. The zero-order valence-corrected chi connectivity index (χ0v) is 10.5. The summed E-state index contributed by atoms with van der Waals surface area (Å²) in [7, 11) is 1.86. The van der Waals surface area contributed by atoms with E-state index in [2.05, 4.69) is 15.5 Å². The first-order valence-corrected chi connectivity index (χ1v) is 6.36. The SMILES string of the molecule is Cn1cc(-c2ccsc2)c(-c2ccc(F)cn2)n1. The maximum absolute atomic E-state index is 12.9. The average molecular weight is 259 g/mol. The van der Waals surface area contributed by atoms with Gasteiger partial charge in [-0.15, -0.1) is 0 Å². The molecule has 0 spiro atoms. The fraction of sp³-hybridized carbons (Fsp3) is 0.0769. The maximum atomic E-state index is 12.9. The van der Waals surface area contributed by atoms with Gasteiger partial charge in [-0.2, -0.15) is 16.4 Å². The minimum atomic E-state index is -0.341. The highest BCUT2D eigenvalue weighted by Gasteiger charge is 2.13. The van der Waals surface area contributed by atoms with E-state index < -0.39 is 0 Å². The molecule has 3 aromatic heterocycles. The van der Waals surface area contributed by atoms with E-state index in [0.717, 1.165) is 16.8 Å². The van der Waals surface area contributed by atoms with Crippen LogP contribution in [0.4, 0.5) is 4.39 Å². The van der Waals surface area contributed by atoms with Crippen molar-refractivity contribution in [3.8, 4) is 22.5 Å². The van der Waals surface area contributed by atoms with Crippen LogP contribution in [-0.2, 0) is 7.05 Å². The third-order valence-electron chi connectivity index (χ3n) is 2.63. The molecular formula is C13H10FN3S. The number of halogens is 1. The lowest BCUT2D eigenvalue weighted by atomic mass is 10.1. The summed E-state index contributed by atoms with van der Waals surface area (Å²) in [5.41, 5.74) is 3.57. The number of aromatic nitrogens is 3. The topological polar surface area (TPSA) is 30.7 Å². The molecule has 0 atom stereocenters. The Morgan fingerprint density at radius 3 is 2.83 bits per heavy atom. The van der Waals surface area contributed by atoms with Crippen LogP contribution in [-0.4, -0.2) is 14.8 Å². The first-order chi connectivity index (χ1) is 8.74. The van der Waals surface area contributed by atoms with Crippen LogP contribution < -0.4 is 0 Å². The Balaban J connectivity index is 2.15. The summed E-state index contributed by atoms with van der Waals surface area (Å²) in [6.45, 7) is 0. The first-order valence-electron chi connectivity index (χ1n) is 5.42. The minimum Gasteiger partial charge on any atom is -0.274 e. The molecule has 0 aliphatic carbocycles. The highest BCUT2D eigenvalue weighted by molar-refractivity contribution is 7.08. The Morgan fingerprint density at radius 1 is 1.28 bits per heavy atom. The number of hydrogen-bond acceptors (Lipinski definition) is 3. The lowest BCUT2D eigenvalue weighted by Gasteiger charge is -1.99. The van der Waals surface area contributed by atoms with Crippen molar-refractivity contribution in [1.82, 2.24) is 14.8 Å². The summed E-state index contributed by atoms with van der Waals surface area (Å²) in [6.07, 6.45) is 3.16. The number of aryl methyl sites for hydroxylation is 1. The van der Waals surface area contributed by atoms with E-state index >= 15 is 0 Å². The van der Waals surface area contributed by atoms with Gasteiger partial charge >= 0.3 is 0 Å². The summed E-state index contributed by atoms with van der Waals surface area (Å²) in [6, 6.07) is 5.08. The molecule has 3 heterocycles. The zero-order chi connectivity index (χ0) is 12.5. The fourth-order valence-corrected chi connectivity index (χ4v) is 2.48. The van der Waals surface area contributed by atoms with Crippen LogP contribution in [0.1, 0.15) is 0 Å². The molecule has 3 rings (SSSR count). The van der Waals surface area contributed by atoms with Crippen molar-refractivity contribution in [2.24, 2.45) is 7.05 Å². The first kappa shape index (κ1) is 11.1. The lowest BCUT2D eigenvalue weighted by molar-refractivity contribution is 0.621. The highest BCUT2D eigenvalue weighted by Crippen LogP contribution is 2.30.